The Morgan fingerprint density at radius 1 is 0.868 bits per heavy atom. The molecule has 200 valence electrons. The molecule has 0 bridgehead atoms. The Bertz CT molecular complexity index is 1260. The van der Waals surface area contributed by atoms with Gasteiger partial charge >= 0.3 is 12.1 Å². The van der Waals surface area contributed by atoms with Gasteiger partial charge < -0.3 is 29.0 Å². The van der Waals surface area contributed by atoms with Gasteiger partial charge in [-0.05, 0) is 60.7 Å². The lowest BCUT2D eigenvalue weighted by molar-refractivity contribution is -0.141. The van der Waals surface area contributed by atoms with Crippen molar-refractivity contribution in [3.05, 3.63) is 83.4 Å². The average Bonchev–Trinajstić information content (AvgIpc) is 3.27. The minimum atomic E-state index is -0.582. The number of nitrogens with one attached hydrogen (secondary N) is 1. The van der Waals surface area contributed by atoms with E-state index in [0.717, 1.165) is 16.7 Å². The van der Waals surface area contributed by atoms with Crippen LogP contribution in [0.2, 0.25) is 0 Å². The molecule has 3 aromatic rings. The average molecular weight is 520 g/mol. The molecule has 0 saturated carbocycles. The summed E-state index contributed by atoms with van der Waals surface area (Å²) in [6.07, 6.45) is 0.557. The maximum atomic E-state index is 12.6. The van der Waals surface area contributed by atoms with E-state index in [1.54, 1.807) is 26.4 Å². The number of carbonyl (C=O) groups is 2. The van der Waals surface area contributed by atoms with Crippen LogP contribution < -0.4 is 24.3 Å². The Hall–Kier alpha value is -4.20. The van der Waals surface area contributed by atoms with Gasteiger partial charge in [-0.25, -0.2) is 4.79 Å². The quantitative estimate of drug-likeness (QED) is 0.371. The van der Waals surface area contributed by atoms with Gasteiger partial charge in [-0.15, -0.1) is 0 Å². The minimum absolute atomic E-state index is 0.00720. The molecule has 1 fully saturated rings. The Kier molecular flexibility index (Phi) is 8.73. The molecule has 0 unspecified atom stereocenters. The summed E-state index contributed by atoms with van der Waals surface area (Å²) in [6, 6.07) is 20.5. The van der Waals surface area contributed by atoms with Crippen LogP contribution in [0, 0.1) is 11.8 Å². The van der Waals surface area contributed by atoms with E-state index in [0.29, 0.717) is 42.4 Å². The maximum absolute atomic E-state index is 12.6. The van der Waals surface area contributed by atoms with Crippen molar-refractivity contribution < 1.29 is 33.3 Å². The predicted molar refractivity (Wildman–Crippen MR) is 142 cm³/mol. The van der Waals surface area contributed by atoms with E-state index < -0.39 is 6.09 Å². The van der Waals surface area contributed by atoms with Gasteiger partial charge in [0.15, 0.2) is 23.0 Å². The standard InChI is InChI=1S/C30H33NO7/c1-19(22-8-6-5-7-9-22)31-30(33)38-26-13-11-21(17-28(26)36-4)15-24-23(18-37-29(24)32)14-20-10-12-25(34-2)27(16-20)35-3/h5-13,16-17,19,23-24H,14-15,18H2,1-4H3,(H,31,33)/t19-,23+,24-/m1/s1. The van der Waals surface area contributed by atoms with E-state index in [9.17, 15) is 9.59 Å². The summed E-state index contributed by atoms with van der Waals surface area (Å²) in [7, 11) is 4.71. The fourth-order valence-electron chi connectivity index (χ4n) is 4.67. The molecule has 3 aromatic carbocycles. The van der Waals surface area contributed by atoms with Crippen LogP contribution >= 0.6 is 0 Å². The number of ether oxygens (including phenoxy) is 5. The monoisotopic (exact) mass is 519 g/mol. The number of amides is 1. The molecule has 0 aromatic heterocycles. The van der Waals surface area contributed by atoms with Crippen molar-refractivity contribution >= 4 is 12.1 Å². The van der Waals surface area contributed by atoms with Crippen LogP contribution in [-0.4, -0.2) is 40.0 Å². The van der Waals surface area contributed by atoms with Gasteiger partial charge in [0.2, 0.25) is 0 Å². The van der Waals surface area contributed by atoms with Crippen LogP contribution in [-0.2, 0) is 22.4 Å². The van der Waals surface area contributed by atoms with Gasteiger partial charge in [0.05, 0.1) is 39.9 Å². The normalized spacial score (nSPS) is 17.3. The van der Waals surface area contributed by atoms with Crippen molar-refractivity contribution in [1.29, 1.82) is 0 Å². The number of cyclic esters (lactones) is 1. The molecule has 1 amide bonds. The third-order valence-electron chi connectivity index (χ3n) is 6.78. The van der Waals surface area contributed by atoms with Crippen molar-refractivity contribution in [3.63, 3.8) is 0 Å². The first-order valence-corrected chi connectivity index (χ1v) is 12.5. The Balaban J connectivity index is 1.42. The number of hydrogen-bond donors (Lipinski definition) is 1. The zero-order valence-corrected chi connectivity index (χ0v) is 22.1. The molecule has 0 spiro atoms. The van der Waals surface area contributed by atoms with Gasteiger partial charge in [-0.2, -0.15) is 0 Å². The molecule has 8 heteroatoms. The first-order chi connectivity index (χ1) is 18.4. The van der Waals surface area contributed by atoms with Crippen LogP contribution in [0.5, 0.6) is 23.0 Å². The topological polar surface area (TPSA) is 92.3 Å². The largest absolute Gasteiger partial charge is 0.493 e. The van der Waals surface area contributed by atoms with E-state index in [2.05, 4.69) is 5.32 Å². The summed E-state index contributed by atoms with van der Waals surface area (Å²) in [5, 5.41) is 2.82. The summed E-state index contributed by atoms with van der Waals surface area (Å²) in [5.74, 6) is 1.49. The van der Waals surface area contributed by atoms with Crippen molar-refractivity contribution in [3.8, 4) is 23.0 Å². The molecule has 3 atom stereocenters. The number of rotatable bonds is 10. The number of esters is 1. The predicted octanol–water partition coefficient (Wildman–Crippen LogP) is 5.14. The fourth-order valence-corrected chi connectivity index (χ4v) is 4.67. The van der Waals surface area contributed by atoms with Crippen molar-refractivity contribution in [2.75, 3.05) is 27.9 Å². The molecule has 1 heterocycles. The first-order valence-electron chi connectivity index (χ1n) is 12.5. The van der Waals surface area contributed by atoms with Crippen LogP contribution in [0.3, 0.4) is 0 Å². The maximum Gasteiger partial charge on any atom is 0.413 e. The SMILES string of the molecule is COc1ccc(C[C@H]2COC(=O)[C@@H]2Cc2ccc(OC(=O)N[C@H](C)c3ccccc3)c(OC)c2)cc1OC. The third kappa shape index (κ3) is 6.37. The summed E-state index contributed by atoms with van der Waals surface area (Å²) < 4.78 is 27.2. The van der Waals surface area contributed by atoms with Gasteiger partial charge in [-0.3, -0.25) is 4.79 Å². The second kappa shape index (κ2) is 12.4. The minimum Gasteiger partial charge on any atom is -0.493 e. The second-order valence-corrected chi connectivity index (χ2v) is 9.25. The second-order valence-electron chi connectivity index (χ2n) is 9.25. The number of hydrogen-bond acceptors (Lipinski definition) is 7. The summed E-state index contributed by atoms with van der Waals surface area (Å²) in [5.41, 5.74) is 2.89. The first kappa shape index (κ1) is 26.9. The summed E-state index contributed by atoms with van der Waals surface area (Å²) >= 11 is 0. The molecule has 1 N–H and O–H groups in total. The van der Waals surface area contributed by atoms with E-state index in [1.807, 2.05) is 61.5 Å². The smallest absolute Gasteiger partial charge is 0.413 e. The van der Waals surface area contributed by atoms with Crippen LogP contribution in [0.4, 0.5) is 4.79 Å². The Labute approximate surface area is 222 Å². The lowest BCUT2D eigenvalue weighted by Crippen LogP contribution is -2.29. The van der Waals surface area contributed by atoms with Crippen molar-refractivity contribution in [1.82, 2.24) is 5.32 Å². The molecule has 38 heavy (non-hydrogen) atoms. The van der Waals surface area contributed by atoms with Crippen molar-refractivity contribution in [2.45, 2.75) is 25.8 Å². The molecule has 0 radical (unpaired) electrons. The number of methoxy groups -OCH3 is 3. The van der Waals surface area contributed by atoms with E-state index in [1.165, 1.54) is 7.11 Å². The van der Waals surface area contributed by atoms with Crippen LogP contribution in [0.15, 0.2) is 66.7 Å². The van der Waals surface area contributed by atoms with E-state index in [-0.39, 0.29) is 23.8 Å². The molecule has 1 aliphatic rings. The molecular formula is C30H33NO7. The highest BCUT2D eigenvalue weighted by Crippen LogP contribution is 2.35. The van der Waals surface area contributed by atoms with Gasteiger partial charge in [-0.1, -0.05) is 42.5 Å². The van der Waals surface area contributed by atoms with Gasteiger partial charge in [0.25, 0.3) is 0 Å². The number of benzene rings is 3. The van der Waals surface area contributed by atoms with Gasteiger partial charge in [0, 0.05) is 5.92 Å². The molecule has 1 aliphatic heterocycles. The Morgan fingerprint density at radius 3 is 2.13 bits per heavy atom. The van der Waals surface area contributed by atoms with Crippen molar-refractivity contribution in [2.24, 2.45) is 11.8 Å². The zero-order valence-electron chi connectivity index (χ0n) is 22.1. The van der Waals surface area contributed by atoms with Gasteiger partial charge in [0.1, 0.15) is 0 Å². The third-order valence-corrected chi connectivity index (χ3v) is 6.78. The highest BCUT2D eigenvalue weighted by atomic mass is 16.6. The summed E-state index contributed by atoms with van der Waals surface area (Å²) in [4.78, 5) is 25.1. The molecule has 0 aliphatic carbocycles. The molecule has 1 saturated heterocycles. The highest BCUT2D eigenvalue weighted by Gasteiger charge is 2.37. The molecular weight excluding hydrogens is 486 g/mol. The highest BCUT2D eigenvalue weighted by molar-refractivity contribution is 5.75. The molecule has 4 rings (SSSR count). The summed E-state index contributed by atoms with van der Waals surface area (Å²) in [6.45, 7) is 2.24. The lowest BCUT2D eigenvalue weighted by Gasteiger charge is -2.18. The zero-order chi connectivity index (χ0) is 27.1. The lowest BCUT2D eigenvalue weighted by atomic mass is 9.85. The van der Waals surface area contributed by atoms with Crippen LogP contribution in [0.25, 0.3) is 0 Å². The van der Waals surface area contributed by atoms with E-state index >= 15 is 0 Å². The Morgan fingerprint density at radius 2 is 1.47 bits per heavy atom. The van der Waals surface area contributed by atoms with E-state index in [4.69, 9.17) is 23.7 Å². The van der Waals surface area contributed by atoms with Crippen LogP contribution in [0.1, 0.15) is 29.7 Å². The fraction of sp³-hybridized carbons (Fsp3) is 0.333. The number of carbonyl (C=O) groups excluding carboxylic acids is 2. The molecule has 8 nitrogen and oxygen atoms in total.